The highest BCUT2D eigenvalue weighted by atomic mass is 35.5. The Bertz CT molecular complexity index is 983. The number of amides is 2. The largest absolute Gasteiger partial charge is 0.339 e. The summed E-state index contributed by atoms with van der Waals surface area (Å²) in [6.07, 6.45) is 1.37. The van der Waals surface area contributed by atoms with Gasteiger partial charge in [0.2, 0.25) is 15.9 Å². The molecule has 9 heteroatoms. The van der Waals surface area contributed by atoms with Crippen molar-refractivity contribution >= 4 is 39.1 Å². The van der Waals surface area contributed by atoms with Crippen LogP contribution in [0, 0.1) is 0 Å². The second kappa shape index (κ2) is 8.84. The van der Waals surface area contributed by atoms with Crippen LogP contribution in [0.3, 0.4) is 0 Å². The lowest BCUT2D eigenvalue weighted by atomic mass is 10.1. The van der Waals surface area contributed by atoms with Crippen LogP contribution in [0.1, 0.15) is 15.9 Å². The molecule has 1 saturated heterocycles. The molecule has 3 rings (SSSR count). The maximum Gasteiger partial charge on any atom is 0.253 e. The predicted octanol–water partition coefficient (Wildman–Crippen LogP) is 2.24. The molecule has 29 heavy (non-hydrogen) atoms. The molecule has 0 atom stereocenters. The summed E-state index contributed by atoms with van der Waals surface area (Å²) in [5.74, 6) is -0.115. The Labute approximate surface area is 175 Å². The first-order chi connectivity index (χ1) is 13.7. The molecular formula is C20H22ClN3O4S. The van der Waals surface area contributed by atoms with Gasteiger partial charge in [-0.25, -0.2) is 8.42 Å². The standard InChI is InChI=1S/C20H22ClN3O4S/c1-29(27,28)22-18-8-4-16(5-9-18)20(26)24-12-10-23(11-13-24)19(25)14-15-2-6-17(21)7-3-15/h2-9,22H,10-14H2,1H3. The van der Waals surface area contributed by atoms with Crippen LogP contribution in [0.15, 0.2) is 48.5 Å². The monoisotopic (exact) mass is 435 g/mol. The normalized spacial score (nSPS) is 14.6. The zero-order valence-electron chi connectivity index (χ0n) is 16.0. The molecule has 0 saturated carbocycles. The van der Waals surface area contributed by atoms with Crippen LogP contribution < -0.4 is 4.72 Å². The van der Waals surface area contributed by atoms with Crippen LogP contribution in [0.4, 0.5) is 5.69 Å². The third-order valence-electron chi connectivity index (χ3n) is 4.62. The molecule has 2 aromatic carbocycles. The number of halogens is 1. The van der Waals surface area contributed by atoms with Crippen molar-refractivity contribution in [3.63, 3.8) is 0 Å². The van der Waals surface area contributed by atoms with Crippen molar-refractivity contribution in [1.82, 2.24) is 9.80 Å². The van der Waals surface area contributed by atoms with Gasteiger partial charge in [-0.05, 0) is 42.0 Å². The van der Waals surface area contributed by atoms with Gasteiger partial charge in [-0.2, -0.15) is 0 Å². The van der Waals surface area contributed by atoms with Gasteiger partial charge in [0.25, 0.3) is 5.91 Å². The van der Waals surface area contributed by atoms with Crippen LogP contribution in [-0.4, -0.2) is 62.5 Å². The van der Waals surface area contributed by atoms with Crippen molar-refractivity contribution in [2.45, 2.75) is 6.42 Å². The Hall–Kier alpha value is -2.58. The third kappa shape index (κ3) is 5.95. The van der Waals surface area contributed by atoms with E-state index in [4.69, 9.17) is 11.6 Å². The molecule has 2 amide bonds. The summed E-state index contributed by atoms with van der Waals surface area (Å²) in [7, 11) is -3.36. The zero-order chi connectivity index (χ0) is 21.0. The average Bonchev–Trinajstić information content (AvgIpc) is 2.69. The van der Waals surface area contributed by atoms with Gasteiger partial charge < -0.3 is 9.80 Å². The minimum absolute atomic E-state index is 0.0237. The second-order valence-electron chi connectivity index (χ2n) is 6.93. The highest BCUT2D eigenvalue weighted by molar-refractivity contribution is 7.92. The molecule has 154 valence electrons. The molecule has 0 aromatic heterocycles. The van der Waals surface area contributed by atoms with Crippen LogP contribution in [0.25, 0.3) is 0 Å². The van der Waals surface area contributed by atoms with Crippen molar-refractivity contribution in [2.75, 3.05) is 37.2 Å². The van der Waals surface area contributed by atoms with Crippen molar-refractivity contribution in [1.29, 1.82) is 0 Å². The fourth-order valence-corrected chi connectivity index (χ4v) is 3.82. The van der Waals surface area contributed by atoms with Gasteiger partial charge in [-0.15, -0.1) is 0 Å². The van der Waals surface area contributed by atoms with Gasteiger partial charge in [0.05, 0.1) is 12.7 Å². The van der Waals surface area contributed by atoms with Crippen molar-refractivity contribution in [3.05, 3.63) is 64.7 Å². The van der Waals surface area contributed by atoms with Gasteiger partial charge in [0, 0.05) is 42.5 Å². The van der Waals surface area contributed by atoms with E-state index in [1.54, 1.807) is 46.2 Å². The molecule has 0 bridgehead atoms. The minimum atomic E-state index is -3.36. The van der Waals surface area contributed by atoms with Gasteiger partial charge in [0.15, 0.2) is 0 Å². The number of hydrogen-bond donors (Lipinski definition) is 1. The lowest BCUT2D eigenvalue weighted by Crippen LogP contribution is -2.51. The van der Waals surface area contributed by atoms with E-state index in [1.165, 1.54) is 0 Å². The lowest BCUT2D eigenvalue weighted by molar-refractivity contribution is -0.131. The molecule has 0 spiro atoms. The van der Waals surface area contributed by atoms with Crippen LogP contribution in [0.5, 0.6) is 0 Å². The molecule has 1 fully saturated rings. The Balaban J connectivity index is 1.53. The number of benzene rings is 2. The molecule has 0 aliphatic carbocycles. The number of anilines is 1. The number of piperazine rings is 1. The Morgan fingerprint density at radius 2 is 1.48 bits per heavy atom. The molecule has 1 aliphatic heterocycles. The van der Waals surface area contributed by atoms with Gasteiger partial charge in [-0.1, -0.05) is 23.7 Å². The van der Waals surface area contributed by atoms with Crippen LogP contribution >= 0.6 is 11.6 Å². The van der Waals surface area contributed by atoms with E-state index in [2.05, 4.69) is 4.72 Å². The molecule has 1 heterocycles. The Kier molecular flexibility index (Phi) is 6.44. The Morgan fingerprint density at radius 3 is 2.03 bits per heavy atom. The van der Waals surface area contributed by atoms with Gasteiger partial charge >= 0.3 is 0 Å². The highest BCUT2D eigenvalue weighted by Gasteiger charge is 2.24. The predicted molar refractivity (Wildman–Crippen MR) is 113 cm³/mol. The molecule has 1 N–H and O–H groups in total. The van der Waals surface area contributed by atoms with Crippen LogP contribution in [0.2, 0.25) is 5.02 Å². The fraction of sp³-hybridized carbons (Fsp3) is 0.300. The SMILES string of the molecule is CS(=O)(=O)Nc1ccc(C(=O)N2CCN(C(=O)Cc3ccc(Cl)cc3)CC2)cc1. The summed E-state index contributed by atoms with van der Waals surface area (Å²) < 4.78 is 24.9. The third-order valence-corrected chi connectivity index (χ3v) is 5.48. The van der Waals surface area contributed by atoms with Crippen molar-refractivity contribution in [3.8, 4) is 0 Å². The van der Waals surface area contributed by atoms with E-state index >= 15 is 0 Å². The molecule has 2 aromatic rings. The van der Waals surface area contributed by atoms with Gasteiger partial charge in [-0.3, -0.25) is 14.3 Å². The van der Waals surface area contributed by atoms with Gasteiger partial charge in [0.1, 0.15) is 0 Å². The highest BCUT2D eigenvalue weighted by Crippen LogP contribution is 2.15. The molecular weight excluding hydrogens is 414 g/mol. The molecule has 1 aliphatic rings. The molecule has 0 radical (unpaired) electrons. The summed E-state index contributed by atoms with van der Waals surface area (Å²) in [4.78, 5) is 28.6. The zero-order valence-corrected chi connectivity index (χ0v) is 17.5. The molecule has 0 unspecified atom stereocenters. The maximum absolute atomic E-state index is 12.7. The topological polar surface area (TPSA) is 86.8 Å². The smallest absolute Gasteiger partial charge is 0.253 e. The number of sulfonamides is 1. The maximum atomic E-state index is 12.7. The second-order valence-corrected chi connectivity index (χ2v) is 9.11. The van der Waals surface area contributed by atoms with E-state index < -0.39 is 10.0 Å². The summed E-state index contributed by atoms with van der Waals surface area (Å²) in [6, 6.07) is 13.5. The number of hydrogen-bond acceptors (Lipinski definition) is 4. The lowest BCUT2D eigenvalue weighted by Gasteiger charge is -2.35. The summed E-state index contributed by atoms with van der Waals surface area (Å²) in [5.41, 5.74) is 1.78. The van der Waals surface area contributed by atoms with Crippen molar-refractivity contribution < 1.29 is 18.0 Å². The van der Waals surface area contributed by atoms with E-state index in [9.17, 15) is 18.0 Å². The van der Waals surface area contributed by atoms with Crippen LogP contribution in [-0.2, 0) is 21.2 Å². The first kappa shape index (κ1) is 21.1. The van der Waals surface area contributed by atoms with E-state index in [0.29, 0.717) is 48.9 Å². The summed E-state index contributed by atoms with van der Waals surface area (Å²) in [5, 5.41) is 0.633. The van der Waals surface area contributed by atoms with Crippen molar-refractivity contribution in [2.24, 2.45) is 0 Å². The fourth-order valence-electron chi connectivity index (χ4n) is 3.13. The van der Waals surface area contributed by atoms with E-state index in [-0.39, 0.29) is 11.8 Å². The first-order valence-electron chi connectivity index (χ1n) is 9.10. The summed E-state index contributed by atoms with van der Waals surface area (Å²) >= 11 is 5.87. The number of rotatable bonds is 5. The quantitative estimate of drug-likeness (QED) is 0.780. The average molecular weight is 436 g/mol. The van der Waals surface area contributed by atoms with E-state index in [0.717, 1.165) is 11.8 Å². The number of carbonyl (C=O) groups is 2. The molecule has 7 nitrogen and oxygen atoms in total. The summed E-state index contributed by atoms with van der Waals surface area (Å²) in [6.45, 7) is 1.86. The number of nitrogens with zero attached hydrogens (tertiary/aromatic N) is 2. The number of nitrogens with one attached hydrogen (secondary N) is 1. The number of carbonyl (C=O) groups excluding carboxylic acids is 2. The first-order valence-corrected chi connectivity index (χ1v) is 11.4. The van der Waals surface area contributed by atoms with E-state index in [1.807, 2.05) is 12.1 Å². The Morgan fingerprint density at radius 1 is 0.931 bits per heavy atom. The minimum Gasteiger partial charge on any atom is -0.339 e.